The molecule has 3 N–H and O–H groups in total. The third-order valence-corrected chi connectivity index (χ3v) is 8.88. The number of H-pyrrole nitrogens is 1. The zero-order chi connectivity index (χ0) is 29.4. The standard InChI is InChI=1S/C29H31N10O2P/c1-38-11-13-39(14-12-38)23-16-24(41-2)22(15-18(23)17-30)35-29-36-27-19(7-8-33-27)28(37-29)34-21-6-5-20-25(32-10-9-31-20)26(21)42(3,4)40/h5-10,15-16H,11-14H2,1-4H3,(H3,33,34,35,36,37). The summed E-state index contributed by atoms with van der Waals surface area (Å²) in [5.41, 5.74) is 4.42. The number of aromatic amines is 1. The van der Waals surface area contributed by atoms with Crippen LogP contribution in [0.4, 0.5) is 28.8 Å². The number of fused-ring (bicyclic) bond motifs is 2. The molecule has 0 radical (unpaired) electrons. The second-order valence-corrected chi connectivity index (χ2v) is 13.7. The number of rotatable bonds is 7. The van der Waals surface area contributed by atoms with E-state index in [1.165, 1.54) is 0 Å². The molecule has 1 saturated heterocycles. The summed E-state index contributed by atoms with van der Waals surface area (Å²) in [7, 11) is 0.917. The van der Waals surface area contributed by atoms with Crippen molar-refractivity contribution < 1.29 is 9.30 Å². The minimum Gasteiger partial charge on any atom is -0.494 e. The van der Waals surface area contributed by atoms with E-state index in [-0.39, 0.29) is 0 Å². The Labute approximate surface area is 243 Å². The fourth-order valence-electron chi connectivity index (χ4n) is 5.24. The highest BCUT2D eigenvalue weighted by Gasteiger charge is 2.24. The van der Waals surface area contributed by atoms with Crippen LogP contribution in [0, 0.1) is 11.3 Å². The van der Waals surface area contributed by atoms with Crippen LogP contribution in [0.3, 0.4) is 0 Å². The third-order valence-electron chi connectivity index (χ3n) is 7.35. The molecule has 1 fully saturated rings. The van der Waals surface area contributed by atoms with Gasteiger partial charge in [-0.1, -0.05) is 0 Å². The fraction of sp³-hybridized carbons (Fsp3) is 0.276. The molecule has 0 unspecified atom stereocenters. The van der Waals surface area contributed by atoms with Crippen molar-refractivity contribution in [3.63, 3.8) is 0 Å². The predicted octanol–water partition coefficient (Wildman–Crippen LogP) is 4.27. The summed E-state index contributed by atoms with van der Waals surface area (Å²) in [6, 6.07) is 11.6. The quantitative estimate of drug-likeness (QED) is 0.236. The fourth-order valence-corrected chi connectivity index (χ4v) is 6.64. The maximum atomic E-state index is 13.4. The van der Waals surface area contributed by atoms with Gasteiger partial charge in [0.05, 0.1) is 45.9 Å². The molecule has 0 spiro atoms. The first-order valence-electron chi connectivity index (χ1n) is 13.5. The van der Waals surface area contributed by atoms with Crippen molar-refractivity contribution in [2.45, 2.75) is 0 Å². The average molecular weight is 583 g/mol. The molecule has 3 aromatic heterocycles. The summed E-state index contributed by atoms with van der Waals surface area (Å²) >= 11 is 0. The SMILES string of the molecule is COc1cc(N2CCN(C)CC2)c(C#N)cc1Nc1nc(Nc2ccc3nccnc3c2P(C)(C)=O)c2cc[nH]c2n1. The molecule has 12 nitrogen and oxygen atoms in total. The molecule has 0 atom stereocenters. The first-order valence-corrected chi connectivity index (χ1v) is 16.1. The number of nitrogens with one attached hydrogen (secondary N) is 3. The monoisotopic (exact) mass is 582 g/mol. The van der Waals surface area contributed by atoms with Crippen molar-refractivity contribution in [3.05, 3.63) is 54.5 Å². The average Bonchev–Trinajstić information content (AvgIpc) is 3.46. The summed E-state index contributed by atoms with van der Waals surface area (Å²) in [6.07, 6.45) is 5.00. The number of benzene rings is 2. The molecule has 0 saturated carbocycles. The molecule has 2 aromatic carbocycles. The van der Waals surface area contributed by atoms with Crippen molar-refractivity contribution in [1.29, 1.82) is 5.26 Å². The van der Waals surface area contributed by atoms with Gasteiger partial charge >= 0.3 is 0 Å². The van der Waals surface area contributed by atoms with E-state index in [1.807, 2.05) is 24.3 Å². The lowest BCUT2D eigenvalue weighted by Gasteiger charge is -2.34. The number of nitrogens with zero attached hydrogens (tertiary/aromatic N) is 7. The van der Waals surface area contributed by atoms with Gasteiger partial charge in [0, 0.05) is 50.8 Å². The molecule has 5 aromatic rings. The maximum absolute atomic E-state index is 13.4. The van der Waals surface area contributed by atoms with Gasteiger partial charge in [-0.15, -0.1) is 0 Å². The highest BCUT2D eigenvalue weighted by molar-refractivity contribution is 7.71. The molecule has 0 aliphatic carbocycles. The Balaban J connectivity index is 1.39. The minimum absolute atomic E-state index is 0.292. The van der Waals surface area contributed by atoms with E-state index in [0.717, 1.165) is 37.3 Å². The molecule has 1 aliphatic rings. The summed E-state index contributed by atoms with van der Waals surface area (Å²) in [6.45, 7) is 6.92. The van der Waals surface area contributed by atoms with E-state index in [2.05, 4.69) is 53.5 Å². The van der Waals surface area contributed by atoms with Crippen molar-refractivity contribution >= 4 is 63.3 Å². The molecule has 1 aliphatic heterocycles. The third kappa shape index (κ3) is 5.20. The van der Waals surface area contributed by atoms with Gasteiger partial charge in [0.15, 0.2) is 0 Å². The van der Waals surface area contributed by atoms with Gasteiger partial charge in [0.25, 0.3) is 0 Å². The van der Waals surface area contributed by atoms with Gasteiger partial charge in [-0.25, -0.2) is 0 Å². The number of hydrogen-bond donors (Lipinski definition) is 3. The molecular formula is C29H31N10O2P. The Morgan fingerprint density at radius 1 is 1.02 bits per heavy atom. The summed E-state index contributed by atoms with van der Waals surface area (Å²) < 4.78 is 19.2. The van der Waals surface area contributed by atoms with Gasteiger partial charge in [0.2, 0.25) is 5.95 Å². The van der Waals surface area contributed by atoms with Crippen molar-refractivity contribution in [2.24, 2.45) is 0 Å². The van der Waals surface area contributed by atoms with E-state index in [9.17, 15) is 9.83 Å². The van der Waals surface area contributed by atoms with E-state index >= 15 is 0 Å². The number of likely N-dealkylation sites (N-methyl/N-ethyl adjacent to an activating group) is 1. The van der Waals surface area contributed by atoms with E-state index < -0.39 is 7.14 Å². The van der Waals surface area contributed by atoms with Crippen LogP contribution in [0.2, 0.25) is 0 Å². The molecule has 0 bridgehead atoms. The number of methoxy groups -OCH3 is 1. The van der Waals surface area contributed by atoms with Crippen LogP contribution in [0.1, 0.15) is 5.56 Å². The Morgan fingerprint density at radius 3 is 2.55 bits per heavy atom. The summed E-state index contributed by atoms with van der Waals surface area (Å²) in [5, 5.41) is 18.0. The molecule has 4 heterocycles. The van der Waals surface area contributed by atoms with E-state index in [0.29, 0.717) is 56.4 Å². The normalized spacial score (nSPS) is 14.2. The van der Waals surface area contributed by atoms with Crippen molar-refractivity contribution in [1.82, 2.24) is 29.8 Å². The number of hydrogen-bond acceptors (Lipinski definition) is 11. The number of piperazine rings is 1. The molecule has 0 amide bonds. The van der Waals surface area contributed by atoms with Gasteiger partial charge in [-0.05, 0) is 44.6 Å². The van der Waals surface area contributed by atoms with Crippen LogP contribution in [-0.2, 0) is 4.57 Å². The Hall–Kier alpha value is -4.72. The van der Waals surface area contributed by atoms with Gasteiger partial charge < -0.3 is 34.7 Å². The molecule has 13 heteroatoms. The highest BCUT2D eigenvalue weighted by Crippen LogP contribution is 2.41. The van der Waals surface area contributed by atoms with Crippen molar-refractivity contribution in [3.8, 4) is 11.8 Å². The first kappa shape index (κ1) is 27.4. The second kappa shape index (κ2) is 10.9. The molecule has 214 valence electrons. The van der Waals surface area contributed by atoms with E-state index in [1.54, 1.807) is 45.1 Å². The lowest BCUT2D eigenvalue weighted by Crippen LogP contribution is -2.44. The molecule has 6 rings (SSSR count). The van der Waals surface area contributed by atoms with Crippen LogP contribution in [0.15, 0.2) is 48.9 Å². The maximum Gasteiger partial charge on any atom is 0.231 e. The van der Waals surface area contributed by atoms with Gasteiger partial charge in [-0.3, -0.25) is 9.97 Å². The Morgan fingerprint density at radius 2 is 1.81 bits per heavy atom. The number of ether oxygens (including phenoxy) is 1. The Kier molecular flexibility index (Phi) is 7.14. The smallest absolute Gasteiger partial charge is 0.231 e. The summed E-state index contributed by atoms with van der Waals surface area (Å²) in [5.74, 6) is 1.37. The Bertz CT molecular complexity index is 1890. The summed E-state index contributed by atoms with van der Waals surface area (Å²) in [4.78, 5) is 25.9. The number of anilines is 5. The molecule has 42 heavy (non-hydrogen) atoms. The minimum atomic E-state index is -2.78. The van der Waals surface area contributed by atoms with Crippen LogP contribution < -0.4 is 25.6 Å². The zero-order valence-corrected chi connectivity index (χ0v) is 24.7. The topological polar surface area (TPSA) is 148 Å². The van der Waals surface area contributed by atoms with Crippen LogP contribution in [-0.4, -0.2) is 83.5 Å². The largest absolute Gasteiger partial charge is 0.494 e. The lowest BCUT2D eigenvalue weighted by molar-refractivity contribution is 0.312. The lowest BCUT2D eigenvalue weighted by atomic mass is 10.1. The predicted molar refractivity (Wildman–Crippen MR) is 166 cm³/mol. The van der Waals surface area contributed by atoms with E-state index in [4.69, 9.17) is 9.72 Å². The van der Waals surface area contributed by atoms with Gasteiger partial charge in [-0.2, -0.15) is 15.2 Å². The van der Waals surface area contributed by atoms with Crippen LogP contribution in [0.25, 0.3) is 22.1 Å². The zero-order valence-electron chi connectivity index (χ0n) is 23.8. The van der Waals surface area contributed by atoms with Crippen molar-refractivity contribution in [2.75, 3.05) is 69.2 Å². The second-order valence-electron chi connectivity index (χ2n) is 10.6. The molecular weight excluding hydrogens is 551 g/mol. The number of aromatic nitrogens is 5. The van der Waals surface area contributed by atoms with Crippen LogP contribution in [0.5, 0.6) is 5.75 Å². The van der Waals surface area contributed by atoms with Crippen LogP contribution >= 0.6 is 7.14 Å². The van der Waals surface area contributed by atoms with Gasteiger partial charge in [0.1, 0.15) is 35.9 Å². The first-order chi connectivity index (χ1) is 20.2. The highest BCUT2D eigenvalue weighted by atomic mass is 31.2. The number of nitriles is 1.